The van der Waals surface area contributed by atoms with Crippen molar-refractivity contribution in [3.63, 3.8) is 0 Å². The van der Waals surface area contributed by atoms with Gasteiger partial charge in [0.15, 0.2) is 0 Å². The number of aromatic nitrogens is 4. The van der Waals surface area contributed by atoms with E-state index in [0.717, 1.165) is 11.4 Å². The molecule has 6 heteroatoms. The molecule has 3 rings (SSSR count). The standard InChI is InChI=1S/C14H13N5O/c1-18-9-11(8-16-18)14(20)17-12-2-4-13(5-3-12)19-7-6-15-10-19/h2-10H,1H3,(H,17,20). The topological polar surface area (TPSA) is 64.7 Å². The van der Waals surface area contributed by atoms with Crippen molar-refractivity contribution in [1.29, 1.82) is 0 Å². The molecule has 2 aromatic heterocycles. The molecule has 1 aromatic carbocycles. The highest BCUT2D eigenvalue weighted by Crippen LogP contribution is 2.14. The molecular formula is C14H13N5O. The molecule has 0 bridgehead atoms. The summed E-state index contributed by atoms with van der Waals surface area (Å²) in [5.74, 6) is -0.173. The molecule has 0 unspecified atom stereocenters. The van der Waals surface area contributed by atoms with E-state index in [2.05, 4.69) is 15.4 Å². The maximum Gasteiger partial charge on any atom is 0.258 e. The van der Waals surface area contributed by atoms with E-state index in [1.807, 2.05) is 35.0 Å². The summed E-state index contributed by atoms with van der Waals surface area (Å²) < 4.78 is 3.49. The summed E-state index contributed by atoms with van der Waals surface area (Å²) >= 11 is 0. The number of nitrogens with zero attached hydrogens (tertiary/aromatic N) is 4. The van der Waals surface area contributed by atoms with Crippen LogP contribution in [0.4, 0.5) is 5.69 Å². The molecule has 3 aromatic rings. The first-order valence-corrected chi connectivity index (χ1v) is 6.11. The van der Waals surface area contributed by atoms with Gasteiger partial charge in [0.1, 0.15) is 0 Å². The lowest BCUT2D eigenvalue weighted by Gasteiger charge is -2.06. The summed E-state index contributed by atoms with van der Waals surface area (Å²) in [4.78, 5) is 16.0. The number of hydrogen-bond donors (Lipinski definition) is 1. The molecule has 100 valence electrons. The van der Waals surface area contributed by atoms with Crippen molar-refractivity contribution in [3.05, 3.63) is 60.9 Å². The van der Waals surface area contributed by atoms with Crippen LogP contribution in [-0.4, -0.2) is 25.2 Å². The number of imidazole rings is 1. The number of carbonyl (C=O) groups is 1. The minimum atomic E-state index is -0.173. The van der Waals surface area contributed by atoms with E-state index in [1.54, 1.807) is 30.5 Å². The average molecular weight is 267 g/mol. The number of anilines is 1. The second-order valence-corrected chi connectivity index (χ2v) is 4.37. The summed E-state index contributed by atoms with van der Waals surface area (Å²) in [7, 11) is 1.77. The Hall–Kier alpha value is -2.89. The molecule has 0 fully saturated rings. The third-order valence-electron chi connectivity index (χ3n) is 2.89. The zero-order valence-corrected chi connectivity index (χ0v) is 10.9. The number of aryl methyl sites for hydroxylation is 1. The Balaban J connectivity index is 1.74. The molecule has 1 N–H and O–H groups in total. The van der Waals surface area contributed by atoms with Gasteiger partial charge in [0, 0.05) is 37.0 Å². The highest BCUT2D eigenvalue weighted by Gasteiger charge is 2.08. The molecule has 0 saturated heterocycles. The van der Waals surface area contributed by atoms with Gasteiger partial charge in [-0.15, -0.1) is 0 Å². The lowest BCUT2D eigenvalue weighted by Crippen LogP contribution is -2.11. The van der Waals surface area contributed by atoms with E-state index >= 15 is 0 Å². The lowest BCUT2D eigenvalue weighted by atomic mass is 10.2. The summed E-state index contributed by atoms with van der Waals surface area (Å²) in [5, 5.41) is 6.80. The Labute approximate surface area is 115 Å². The highest BCUT2D eigenvalue weighted by atomic mass is 16.1. The zero-order chi connectivity index (χ0) is 13.9. The zero-order valence-electron chi connectivity index (χ0n) is 10.9. The number of hydrogen-bond acceptors (Lipinski definition) is 3. The summed E-state index contributed by atoms with van der Waals surface area (Å²) in [6, 6.07) is 7.54. The average Bonchev–Trinajstić information content (AvgIpc) is 3.10. The Morgan fingerprint density at radius 1 is 1.25 bits per heavy atom. The monoisotopic (exact) mass is 267 g/mol. The van der Waals surface area contributed by atoms with Gasteiger partial charge in [0.05, 0.1) is 18.1 Å². The van der Waals surface area contributed by atoms with Crippen molar-refractivity contribution in [2.45, 2.75) is 0 Å². The van der Waals surface area contributed by atoms with Gasteiger partial charge in [0.2, 0.25) is 0 Å². The van der Waals surface area contributed by atoms with Crippen LogP contribution in [0.15, 0.2) is 55.4 Å². The van der Waals surface area contributed by atoms with E-state index < -0.39 is 0 Å². The van der Waals surface area contributed by atoms with Gasteiger partial charge in [-0.05, 0) is 24.3 Å². The molecular weight excluding hydrogens is 254 g/mol. The first kappa shape index (κ1) is 12.2. The van der Waals surface area contributed by atoms with Gasteiger partial charge < -0.3 is 9.88 Å². The lowest BCUT2D eigenvalue weighted by molar-refractivity contribution is 0.102. The maximum atomic E-state index is 12.0. The smallest absolute Gasteiger partial charge is 0.258 e. The summed E-state index contributed by atoms with van der Waals surface area (Å²) in [5.41, 5.74) is 2.26. The van der Waals surface area contributed by atoms with Crippen LogP contribution >= 0.6 is 0 Å². The summed E-state index contributed by atoms with van der Waals surface area (Å²) in [6.45, 7) is 0. The third kappa shape index (κ3) is 2.44. The molecule has 0 saturated carbocycles. The van der Waals surface area contributed by atoms with E-state index in [9.17, 15) is 4.79 Å². The quantitative estimate of drug-likeness (QED) is 0.787. The van der Waals surface area contributed by atoms with Crippen LogP contribution in [0, 0.1) is 0 Å². The second-order valence-electron chi connectivity index (χ2n) is 4.37. The van der Waals surface area contributed by atoms with Crippen molar-refractivity contribution in [2.24, 2.45) is 7.05 Å². The van der Waals surface area contributed by atoms with Crippen molar-refractivity contribution < 1.29 is 4.79 Å². The Morgan fingerprint density at radius 3 is 2.65 bits per heavy atom. The van der Waals surface area contributed by atoms with Crippen molar-refractivity contribution in [1.82, 2.24) is 19.3 Å². The molecule has 1 amide bonds. The van der Waals surface area contributed by atoms with Gasteiger partial charge in [-0.3, -0.25) is 9.48 Å². The van der Waals surface area contributed by atoms with Crippen LogP contribution < -0.4 is 5.32 Å². The molecule has 0 aliphatic rings. The fraction of sp³-hybridized carbons (Fsp3) is 0.0714. The maximum absolute atomic E-state index is 12.0. The van der Waals surface area contributed by atoms with E-state index in [0.29, 0.717) is 5.56 Å². The van der Waals surface area contributed by atoms with Crippen LogP contribution in [-0.2, 0) is 7.05 Å². The van der Waals surface area contributed by atoms with Crippen LogP contribution in [0.5, 0.6) is 0 Å². The predicted molar refractivity (Wildman–Crippen MR) is 74.7 cm³/mol. The van der Waals surface area contributed by atoms with Crippen LogP contribution in [0.2, 0.25) is 0 Å². The first-order chi connectivity index (χ1) is 9.72. The van der Waals surface area contributed by atoms with Gasteiger partial charge >= 0.3 is 0 Å². The molecule has 0 aliphatic heterocycles. The van der Waals surface area contributed by atoms with Crippen molar-refractivity contribution >= 4 is 11.6 Å². The second kappa shape index (κ2) is 5.00. The van der Waals surface area contributed by atoms with E-state index in [1.165, 1.54) is 6.20 Å². The fourth-order valence-corrected chi connectivity index (χ4v) is 1.87. The molecule has 0 spiro atoms. The third-order valence-corrected chi connectivity index (χ3v) is 2.89. The number of nitrogens with one attached hydrogen (secondary N) is 1. The Morgan fingerprint density at radius 2 is 2.05 bits per heavy atom. The van der Waals surface area contributed by atoms with Gasteiger partial charge in [-0.2, -0.15) is 5.10 Å². The van der Waals surface area contributed by atoms with Gasteiger partial charge in [0.25, 0.3) is 5.91 Å². The largest absolute Gasteiger partial charge is 0.322 e. The van der Waals surface area contributed by atoms with Crippen LogP contribution in [0.25, 0.3) is 5.69 Å². The molecule has 0 aliphatic carbocycles. The minimum Gasteiger partial charge on any atom is -0.322 e. The number of rotatable bonds is 3. The normalized spacial score (nSPS) is 10.4. The molecule has 0 radical (unpaired) electrons. The van der Waals surface area contributed by atoms with Crippen molar-refractivity contribution in [2.75, 3.05) is 5.32 Å². The van der Waals surface area contributed by atoms with E-state index in [-0.39, 0.29) is 5.91 Å². The van der Waals surface area contributed by atoms with Crippen molar-refractivity contribution in [3.8, 4) is 5.69 Å². The predicted octanol–water partition coefficient (Wildman–Crippen LogP) is 1.86. The van der Waals surface area contributed by atoms with Crippen LogP contribution in [0.3, 0.4) is 0 Å². The Kier molecular flexibility index (Phi) is 3.04. The van der Waals surface area contributed by atoms with Gasteiger partial charge in [-0.25, -0.2) is 4.98 Å². The summed E-state index contributed by atoms with van der Waals surface area (Å²) in [6.07, 6.45) is 8.52. The highest BCUT2D eigenvalue weighted by molar-refractivity contribution is 6.03. The molecule has 2 heterocycles. The molecule has 6 nitrogen and oxygen atoms in total. The number of amides is 1. The minimum absolute atomic E-state index is 0.173. The fourth-order valence-electron chi connectivity index (χ4n) is 1.87. The first-order valence-electron chi connectivity index (χ1n) is 6.11. The van der Waals surface area contributed by atoms with Crippen LogP contribution in [0.1, 0.15) is 10.4 Å². The molecule has 20 heavy (non-hydrogen) atoms. The number of benzene rings is 1. The van der Waals surface area contributed by atoms with E-state index in [4.69, 9.17) is 0 Å². The molecule has 0 atom stereocenters. The Bertz CT molecular complexity index is 712. The SMILES string of the molecule is Cn1cc(C(=O)Nc2ccc(-n3ccnc3)cc2)cn1. The van der Waals surface area contributed by atoms with Gasteiger partial charge in [-0.1, -0.05) is 0 Å². The number of carbonyl (C=O) groups excluding carboxylic acids is 1.